The quantitative estimate of drug-likeness (QED) is 0.359. The fraction of sp³-hybridized carbons (Fsp3) is 0. The third-order valence-electron chi connectivity index (χ3n) is 1.97. The molecule has 1 aromatic carbocycles. The number of nitrogens with zero attached hydrogens (tertiary/aromatic N) is 3. The van der Waals surface area contributed by atoms with E-state index in [0.717, 1.165) is 0 Å². The van der Waals surface area contributed by atoms with E-state index in [0.29, 0.717) is 5.75 Å². The molecule has 0 amide bonds. The van der Waals surface area contributed by atoms with Gasteiger partial charge in [0.05, 0.1) is 0 Å². The number of benzene rings is 1. The number of amidine groups is 1. The van der Waals surface area contributed by atoms with Crippen LogP contribution < -0.4 is 10.5 Å². The minimum Gasteiger partial charge on any atom is -0.437 e. The van der Waals surface area contributed by atoms with E-state index in [4.69, 9.17) is 15.7 Å². The van der Waals surface area contributed by atoms with Crippen LogP contribution in [0.5, 0.6) is 11.6 Å². The molecule has 6 nitrogen and oxygen atoms in total. The first-order chi connectivity index (χ1) is 8.31. The van der Waals surface area contributed by atoms with Crippen molar-refractivity contribution < 1.29 is 9.94 Å². The van der Waals surface area contributed by atoms with Crippen molar-refractivity contribution >= 4 is 5.84 Å². The van der Waals surface area contributed by atoms with Crippen molar-refractivity contribution in [3.05, 3.63) is 48.4 Å². The summed E-state index contributed by atoms with van der Waals surface area (Å²) in [4.78, 5) is 7.93. The summed E-state index contributed by atoms with van der Waals surface area (Å²) < 4.78 is 5.49. The van der Waals surface area contributed by atoms with Gasteiger partial charge in [0, 0.05) is 12.4 Å². The van der Waals surface area contributed by atoms with Crippen LogP contribution in [0.2, 0.25) is 0 Å². The van der Waals surface area contributed by atoms with Gasteiger partial charge in [-0.15, -0.1) is 0 Å². The Morgan fingerprint density at radius 3 is 2.59 bits per heavy atom. The summed E-state index contributed by atoms with van der Waals surface area (Å²) in [6.07, 6.45) is 2.90. The van der Waals surface area contributed by atoms with Crippen LogP contribution in [0.25, 0.3) is 0 Å². The number of para-hydroxylation sites is 1. The number of nitrogens with two attached hydrogens (primary N) is 1. The molecule has 2 rings (SSSR count). The molecule has 0 fully saturated rings. The van der Waals surface area contributed by atoms with Gasteiger partial charge in [0.2, 0.25) is 5.88 Å². The van der Waals surface area contributed by atoms with Gasteiger partial charge in [-0.1, -0.05) is 23.4 Å². The molecular formula is C11H10N4O2. The van der Waals surface area contributed by atoms with Gasteiger partial charge in [-0.2, -0.15) is 0 Å². The van der Waals surface area contributed by atoms with Crippen LogP contribution in [-0.2, 0) is 0 Å². The van der Waals surface area contributed by atoms with E-state index in [9.17, 15) is 0 Å². The van der Waals surface area contributed by atoms with E-state index in [1.54, 1.807) is 12.1 Å². The van der Waals surface area contributed by atoms with Gasteiger partial charge in [-0.05, 0) is 12.1 Å². The third-order valence-corrected chi connectivity index (χ3v) is 1.97. The zero-order chi connectivity index (χ0) is 12.1. The Bertz CT molecular complexity index is 528. The lowest BCUT2D eigenvalue weighted by Gasteiger charge is -2.07. The van der Waals surface area contributed by atoms with Crippen LogP contribution >= 0.6 is 0 Å². The molecule has 6 heteroatoms. The Morgan fingerprint density at radius 1 is 1.18 bits per heavy atom. The molecule has 86 valence electrons. The van der Waals surface area contributed by atoms with Crippen LogP contribution in [0.4, 0.5) is 0 Å². The second kappa shape index (κ2) is 4.93. The number of hydrogen-bond donors (Lipinski definition) is 2. The van der Waals surface area contributed by atoms with Crippen LogP contribution in [0, 0.1) is 0 Å². The van der Waals surface area contributed by atoms with Gasteiger partial charge < -0.3 is 15.7 Å². The Balaban J connectivity index is 2.33. The third kappa shape index (κ3) is 2.49. The van der Waals surface area contributed by atoms with E-state index in [1.165, 1.54) is 12.4 Å². The average molecular weight is 230 g/mol. The first-order valence-corrected chi connectivity index (χ1v) is 4.83. The summed E-state index contributed by atoms with van der Waals surface area (Å²) in [7, 11) is 0. The Kier molecular flexibility index (Phi) is 3.15. The monoisotopic (exact) mass is 230 g/mol. The fourth-order valence-electron chi connectivity index (χ4n) is 1.22. The summed E-state index contributed by atoms with van der Waals surface area (Å²) in [5, 5.41) is 11.5. The van der Waals surface area contributed by atoms with Crippen molar-refractivity contribution in [3.8, 4) is 11.6 Å². The molecule has 0 bridgehead atoms. The highest BCUT2D eigenvalue weighted by Gasteiger charge is 2.11. The van der Waals surface area contributed by atoms with E-state index >= 15 is 0 Å². The molecule has 0 aliphatic rings. The van der Waals surface area contributed by atoms with Crippen molar-refractivity contribution in [2.24, 2.45) is 10.9 Å². The predicted octanol–water partition coefficient (Wildman–Crippen LogP) is 1.36. The van der Waals surface area contributed by atoms with Crippen molar-refractivity contribution in [2.75, 3.05) is 0 Å². The summed E-state index contributed by atoms with van der Waals surface area (Å²) in [5.41, 5.74) is 5.66. The van der Waals surface area contributed by atoms with Gasteiger partial charge in [0.25, 0.3) is 0 Å². The molecule has 1 heterocycles. The maximum atomic E-state index is 8.62. The lowest BCUT2D eigenvalue weighted by Crippen LogP contribution is -2.16. The highest BCUT2D eigenvalue weighted by atomic mass is 16.5. The lowest BCUT2D eigenvalue weighted by atomic mass is 10.3. The second-order valence-corrected chi connectivity index (χ2v) is 3.11. The van der Waals surface area contributed by atoms with Crippen LogP contribution in [0.3, 0.4) is 0 Å². The minimum absolute atomic E-state index is 0.149. The molecule has 0 saturated heterocycles. The van der Waals surface area contributed by atoms with Crippen LogP contribution in [0.15, 0.2) is 47.9 Å². The molecule has 0 unspecified atom stereocenters. The topological polar surface area (TPSA) is 93.6 Å². The number of oxime groups is 1. The first kappa shape index (κ1) is 10.9. The van der Waals surface area contributed by atoms with Crippen molar-refractivity contribution in [1.82, 2.24) is 9.97 Å². The Morgan fingerprint density at radius 2 is 1.88 bits per heavy atom. The summed E-state index contributed by atoms with van der Waals surface area (Å²) >= 11 is 0. The first-order valence-electron chi connectivity index (χ1n) is 4.83. The Labute approximate surface area is 97.4 Å². The zero-order valence-corrected chi connectivity index (χ0v) is 8.82. The molecule has 0 radical (unpaired) electrons. The second-order valence-electron chi connectivity index (χ2n) is 3.11. The molecule has 3 N–H and O–H groups in total. The number of aromatic nitrogens is 2. The normalized spacial score (nSPS) is 11.2. The molecule has 2 aromatic rings. The fourth-order valence-corrected chi connectivity index (χ4v) is 1.22. The standard InChI is InChI=1S/C11H10N4O2/c12-10(15-16)9-11(14-7-6-13-9)17-8-4-2-1-3-5-8/h1-7,16H,(H2,12,15). The molecule has 0 atom stereocenters. The molecule has 17 heavy (non-hydrogen) atoms. The van der Waals surface area contributed by atoms with Crippen molar-refractivity contribution in [2.45, 2.75) is 0 Å². The smallest absolute Gasteiger partial charge is 0.249 e. The zero-order valence-electron chi connectivity index (χ0n) is 8.82. The van der Waals surface area contributed by atoms with Crippen molar-refractivity contribution in [3.63, 3.8) is 0 Å². The number of rotatable bonds is 3. The summed E-state index contributed by atoms with van der Waals surface area (Å²) in [6.45, 7) is 0. The molecule has 0 aliphatic carbocycles. The van der Waals surface area contributed by atoms with Crippen molar-refractivity contribution in [1.29, 1.82) is 0 Å². The predicted molar refractivity (Wildman–Crippen MR) is 61.1 cm³/mol. The van der Waals surface area contributed by atoms with E-state index in [1.807, 2.05) is 18.2 Å². The van der Waals surface area contributed by atoms with E-state index in [2.05, 4.69) is 15.1 Å². The molecular weight excluding hydrogens is 220 g/mol. The summed E-state index contributed by atoms with van der Waals surface area (Å²) in [6, 6.07) is 9.06. The number of hydrogen-bond acceptors (Lipinski definition) is 5. The van der Waals surface area contributed by atoms with Gasteiger partial charge in [-0.3, -0.25) is 0 Å². The SMILES string of the molecule is NC(=NO)c1nccnc1Oc1ccccc1. The van der Waals surface area contributed by atoms with Gasteiger partial charge in [-0.25, -0.2) is 9.97 Å². The average Bonchev–Trinajstić information content (AvgIpc) is 2.40. The van der Waals surface area contributed by atoms with E-state index < -0.39 is 0 Å². The Hall–Kier alpha value is -2.63. The van der Waals surface area contributed by atoms with Gasteiger partial charge in [0.1, 0.15) is 5.75 Å². The summed E-state index contributed by atoms with van der Waals surface area (Å²) in [5.74, 6) is 0.637. The highest BCUT2D eigenvalue weighted by molar-refractivity contribution is 5.97. The van der Waals surface area contributed by atoms with Gasteiger partial charge >= 0.3 is 0 Å². The van der Waals surface area contributed by atoms with Crippen LogP contribution in [0.1, 0.15) is 5.69 Å². The largest absolute Gasteiger partial charge is 0.437 e. The highest BCUT2D eigenvalue weighted by Crippen LogP contribution is 2.20. The van der Waals surface area contributed by atoms with Crippen LogP contribution in [-0.4, -0.2) is 21.0 Å². The van der Waals surface area contributed by atoms with E-state index in [-0.39, 0.29) is 17.4 Å². The minimum atomic E-state index is -0.149. The molecule has 0 spiro atoms. The molecule has 0 aliphatic heterocycles. The number of ether oxygens (including phenoxy) is 1. The molecule has 0 saturated carbocycles. The maximum Gasteiger partial charge on any atom is 0.249 e. The molecule has 1 aromatic heterocycles. The lowest BCUT2D eigenvalue weighted by molar-refractivity contribution is 0.318. The maximum absolute atomic E-state index is 8.62. The van der Waals surface area contributed by atoms with Gasteiger partial charge in [0.15, 0.2) is 11.5 Å².